The minimum atomic E-state index is -0.713. The van der Waals surface area contributed by atoms with E-state index in [2.05, 4.69) is 5.32 Å². The minimum absolute atomic E-state index is 0.0614. The molecule has 0 fully saturated rings. The molecule has 5 nitrogen and oxygen atoms in total. The Morgan fingerprint density at radius 3 is 2.74 bits per heavy atom. The summed E-state index contributed by atoms with van der Waals surface area (Å²) < 4.78 is 4.98. The third kappa shape index (κ3) is 5.52. The van der Waals surface area contributed by atoms with Gasteiger partial charge in [-0.05, 0) is 19.4 Å². The first-order valence-electron chi connectivity index (χ1n) is 6.25. The lowest BCUT2D eigenvalue weighted by Gasteiger charge is -2.15. The molecule has 0 heterocycles. The largest absolute Gasteiger partial charge is 0.372 e. The molecule has 0 radical (unpaired) electrons. The Hall–Kier alpha value is -1.88. The van der Waals surface area contributed by atoms with Gasteiger partial charge < -0.3 is 15.8 Å². The van der Waals surface area contributed by atoms with Crippen LogP contribution in [0.1, 0.15) is 18.1 Å². The van der Waals surface area contributed by atoms with Crippen LogP contribution in [0, 0.1) is 6.92 Å². The fourth-order valence-electron chi connectivity index (χ4n) is 1.73. The second kappa shape index (κ2) is 7.53. The van der Waals surface area contributed by atoms with Crippen molar-refractivity contribution in [3.63, 3.8) is 0 Å². The molecule has 0 aliphatic heterocycles. The molecular weight excluding hydrogens is 244 g/mol. The standard InChI is InChI=1S/C14H20N2O3/c1-3-19-9-13(17)16-12(14(15)18)8-11-6-4-5-10(2)7-11/h4-7,12H,3,8-9H2,1-2H3,(H2,15,18)(H,16,17)/t12-/m0/s1. The number of rotatable bonds is 7. The lowest BCUT2D eigenvalue weighted by Crippen LogP contribution is -2.47. The zero-order valence-electron chi connectivity index (χ0n) is 11.3. The molecule has 0 aliphatic carbocycles. The number of hydrogen-bond acceptors (Lipinski definition) is 3. The highest BCUT2D eigenvalue weighted by Crippen LogP contribution is 2.07. The number of amides is 2. The summed E-state index contributed by atoms with van der Waals surface area (Å²) in [6.45, 7) is 4.16. The number of carbonyl (C=O) groups is 2. The predicted octanol–water partition coefficient (Wildman–Crippen LogP) is 0.544. The van der Waals surface area contributed by atoms with Crippen LogP contribution < -0.4 is 11.1 Å². The zero-order valence-corrected chi connectivity index (χ0v) is 11.3. The van der Waals surface area contributed by atoms with Crippen LogP contribution in [-0.4, -0.2) is 31.1 Å². The van der Waals surface area contributed by atoms with E-state index >= 15 is 0 Å². The van der Waals surface area contributed by atoms with Crippen molar-refractivity contribution < 1.29 is 14.3 Å². The average molecular weight is 264 g/mol. The number of nitrogens with one attached hydrogen (secondary N) is 1. The summed E-state index contributed by atoms with van der Waals surface area (Å²) in [7, 11) is 0. The van der Waals surface area contributed by atoms with Gasteiger partial charge in [0.1, 0.15) is 12.6 Å². The molecule has 0 aliphatic rings. The molecule has 1 aromatic carbocycles. The topological polar surface area (TPSA) is 81.4 Å². The summed E-state index contributed by atoms with van der Waals surface area (Å²) in [5.74, 6) is -0.885. The van der Waals surface area contributed by atoms with Crippen molar-refractivity contribution in [1.82, 2.24) is 5.32 Å². The van der Waals surface area contributed by atoms with E-state index in [0.29, 0.717) is 13.0 Å². The van der Waals surface area contributed by atoms with Crippen molar-refractivity contribution >= 4 is 11.8 Å². The Labute approximate surface area is 113 Å². The van der Waals surface area contributed by atoms with Crippen molar-refractivity contribution in [3.8, 4) is 0 Å². The van der Waals surface area contributed by atoms with Gasteiger partial charge in [0, 0.05) is 13.0 Å². The molecule has 0 aromatic heterocycles. The Kier molecular flexibility index (Phi) is 6.02. The van der Waals surface area contributed by atoms with Crippen LogP contribution in [0.2, 0.25) is 0 Å². The van der Waals surface area contributed by atoms with Crippen LogP contribution in [0.25, 0.3) is 0 Å². The molecule has 5 heteroatoms. The van der Waals surface area contributed by atoms with Crippen molar-refractivity contribution in [2.75, 3.05) is 13.2 Å². The van der Waals surface area contributed by atoms with E-state index in [9.17, 15) is 9.59 Å². The molecule has 19 heavy (non-hydrogen) atoms. The lowest BCUT2D eigenvalue weighted by molar-refractivity contribution is -0.130. The van der Waals surface area contributed by atoms with E-state index in [1.807, 2.05) is 31.2 Å². The molecule has 0 saturated heterocycles. The molecule has 0 unspecified atom stereocenters. The van der Waals surface area contributed by atoms with Crippen LogP contribution in [0.5, 0.6) is 0 Å². The Morgan fingerprint density at radius 2 is 2.16 bits per heavy atom. The van der Waals surface area contributed by atoms with Crippen LogP contribution in [0.15, 0.2) is 24.3 Å². The number of ether oxygens (including phenoxy) is 1. The van der Waals surface area contributed by atoms with Gasteiger partial charge in [0.2, 0.25) is 11.8 Å². The molecule has 3 N–H and O–H groups in total. The summed E-state index contributed by atoms with van der Waals surface area (Å²) in [6, 6.07) is 7.03. The molecule has 2 amide bonds. The van der Waals surface area contributed by atoms with E-state index in [0.717, 1.165) is 11.1 Å². The quantitative estimate of drug-likeness (QED) is 0.754. The predicted molar refractivity (Wildman–Crippen MR) is 72.5 cm³/mol. The third-order valence-electron chi connectivity index (χ3n) is 2.64. The van der Waals surface area contributed by atoms with E-state index in [1.54, 1.807) is 6.92 Å². The van der Waals surface area contributed by atoms with Gasteiger partial charge in [-0.2, -0.15) is 0 Å². The first-order chi connectivity index (χ1) is 9.02. The van der Waals surface area contributed by atoms with Crippen molar-refractivity contribution in [2.24, 2.45) is 5.73 Å². The van der Waals surface area contributed by atoms with Crippen LogP contribution in [0.3, 0.4) is 0 Å². The highest BCUT2D eigenvalue weighted by atomic mass is 16.5. The zero-order chi connectivity index (χ0) is 14.3. The number of benzene rings is 1. The van der Waals surface area contributed by atoms with Crippen molar-refractivity contribution in [2.45, 2.75) is 26.3 Å². The van der Waals surface area contributed by atoms with Gasteiger partial charge in [0.15, 0.2) is 0 Å². The summed E-state index contributed by atoms with van der Waals surface area (Å²) >= 11 is 0. The normalized spacial score (nSPS) is 11.9. The van der Waals surface area contributed by atoms with Gasteiger partial charge in [-0.1, -0.05) is 29.8 Å². The molecule has 1 rings (SSSR count). The van der Waals surface area contributed by atoms with E-state index < -0.39 is 11.9 Å². The molecule has 1 atom stereocenters. The number of hydrogen-bond donors (Lipinski definition) is 2. The van der Waals surface area contributed by atoms with E-state index in [4.69, 9.17) is 10.5 Å². The lowest BCUT2D eigenvalue weighted by atomic mass is 10.0. The monoisotopic (exact) mass is 264 g/mol. The first kappa shape index (κ1) is 15.2. The molecule has 0 saturated carbocycles. The second-order valence-corrected chi connectivity index (χ2v) is 4.35. The fourth-order valence-corrected chi connectivity index (χ4v) is 1.73. The van der Waals surface area contributed by atoms with Gasteiger partial charge in [-0.25, -0.2) is 0 Å². The molecule has 0 bridgehead atoms. The van der Waals surface area contributed by atoms with Crippen LogP contribution >= 0.6 is 0 Å². The highest BCUT2D eigenvalue weighted by Gasteiger charge is 2.18. The minimum Gasteiger partial charge on any atom is -0.372 e. The Bertz CT molecular complexity index is 446. The van der Waals surface area contributed by atoms with Crippen LogP contribution in [-0.2, 0) is 20.7 Å². The number of carbonyl (C=O) groups excluding carboxylic acids is 2. The maximum Gasteiger partial charge on any atom is 0.246 e. The van der Waals surface area contributed by atoms with Gasteiger partial charge in [-0.3, -0.25) is 9.59 Å². The van der Waals surface area contributed by atoms with E-state index in [-0.39, 0.29) is 12.5 Å². The van der Waals surface area contributed by atoms with Crippen molar-refractivity contribution in [3.05, 3.63) is 35.4 Å². The van der Waals surface area contributed by atoms with E-state index in [1.165, 1.54) is 0 Å². The summed E-state index contributed by atoms with van der Waals surface area (Å²) in [4.78, 5) is 22.9. The average Bonchev–Trinajstić information content (AvgIpc) is 2.35. The molecule has 0 spiro atoms. The Balaban J connectivity index is 2.63. The first-order valence-corrected chi connectivity index (χ1v) is 6.25. The second-order valence-electron chi connectivity index (χ2n) is 4.35. The summed E-state index contributed by atoms with van der Waals surface area (Å²) in [5, 5.41) is 2.58. The van der Waals surface area contributed by atoms with Crippen molar-refractivity contribution in [1.29, 1.82) is 0 Å². The van der Waals surface area contributed by atoms with Gasteiger partial charge >= 0.3 is 0 Å². The number of aryl methyl sites for hydroxylation is 1. The molecule has 104 valence electrons. The molecule has 1 aromatic rings. The van der Waals surface area contributed by atoms with Gasteiger partial charge in [-0.15, -0.1) is 0 Å². The fraction of sp³-hybridized carbons (Fsp3) is 0.429. The van der Waals surface area contributed by atoms with Gasteiger partial charge in [0.25, 0.3) is 0 Å². The van der Waals surface area contributed by atoms with Crippen LogP contribution in [0.4, 0.5) is 0 Å². The molecular formula is C14H20N2O3. The highest BCUT2D eigenvalue weighted by molar-refractivity contribution is 5.87. The summed E-state index contributed by atoms with van der Waals surface area (Å²) in [6.07, 6.45) is 0.384. The number of nitrogens with two attached hydrogens (primary N) is 1. The Morgan fingerprint density at radius 1 is 1.42 bits per heavy atom. The van der Waals surface area contributed by atoms with Gasteiger partial charge in [0.05, 0.1) is 0 Å². The maximum absolute atomic E-state index is 11.5. The number of primary amides is 1. The summed E-state index contributed by atoms with van der Waals surface area (Å²) in [5.41, 5.74) is 7.36. The smallest absolute Gasteiger partial charge is 0.246 e. The SMILES string of the molecule is CCOCC(=O)N[C@@H](Cc1cccc(C)c1)C(N)=O. The third-order valence-corrected chi connectivity index (χ3v) is 2.64. The maximum atomic E-state index is 11.5.